The summed E-state index contributed by atoms with van der Waals surface area (Å²) in [7, 11) is -3.61. The Morgan fingerprint density at radius 1 is 1.15 bits per heavy atom. The van der Waals surface area contributed by atoms with E-state index in [1.807, 2.05) is 19.9 Å². The van der Waals surface area contributed by atoms with Crippen LogP contribution in [-0.4, -0.2) is 34.0 Å². The molecule has 2 rings (SSSR count). The predicted molar refractivity (Wildman–Crippen MR) is 102 cm³/mol. The lowest BCUT2D eigenvalue weighted by atomic mass is 10.2. The summed E-state index contributed by atoms with van der Waals surface area (Å²) in [5, 5.41) is 0. The zero-order valence-electron chi connectivity index (χ0n) is 15.2. The Balaban J connectivity index is 2.03. The van der Waals surface area contributed by atoms with Gasteiger partial charge in [0.1, 0.15) is 5.75 Å². The van der Waals surface area contributed by atoms with Gasteiger partial charge in [0.2, 0.25) is 15.9 Å². The molecular formula is C19H24N2O4S. The van der Waals surface area contributed by atoms with E-state index in [1.54, 1.807) is 42.5 Å². The Kier molecular flexibility index (Phi) is 6.76. The van der Waals surface area contributed by atoms with E-state index in [0.29, 0.717) is 12.3 Å². The van der Waals surface area contributed by atoms with Crippen LogP contribution in [0.5, 0.6) is 5.75 Å². The number of sulfonamides is 1. The number of hydrogen-bond acceptors (Lipinski definition) is 4. The minimum absolute atomic E-state index is 0.114. The van der Waals surface area contributed by atoms with Gasteiger partial charge in [-0.1, -0.05) is 12.1 Å². The SMILES string of the molecule is CCOc1ccc(N(CCNS(=O)(=O)c2cccc(C)c2)C(C)=O)cc1. The van der Waals surface area contributed by atoms with Gasteiger partial charge >= 0.3 is 0 Å². The number of hydrogen-bond donors (Lipinski definition) is 1. The number of nitrogens with one attached hydrogen (secondary N) is 1. The van der Waals surface area contributed by atoms with Crippen LogP contribution in [0.3, 0.4) is 0 Å². The number of aryl methyl sites for hydroxylation is 1. The Morgan fingerprint density at radius 3 is 2.42 bits per heavy atom. The topological polar surface area (TPSA) is 75.7 Å². The van der Waals surface area contributed by atoms with E-state index in [1.165, 1.54) is 11.8 Å². The summed E-state index contributed by atoms with van der Waals surface area (Å²) in [5.74, 6) is 0.559. The van der Waals surface area contributed by atoms with Crippen LogP contribution in [0.1, 0.15) is 19.4 Å². The number of amides is 1. The molecule has 1 amide bonds. The summed E-state index contributed by atoms with van der Waals surface area (Å²) in [5.41, 5.74) is 1.56. The van der Waals surface area contributed by atoms with Crippen LogP contribution >= 0.6 is 0 Å². The minimum Gasteiger partial charge on any atom is -0.494 e. The lowest BCUT2D eigenvalue weighted by molar-refractivity contribution is -0.116. The van der Waals surface area contributed by atoms with E-state index in [2.05, 4.69) is 4.72 Å². The van der Waals surface area contributed by atoms with Crippen molar-refractivity contribution < 1.29 is 17.9 Å². The third-order valence-corrected chi connectivity index (χ3v) is 5.23. The zero-order chi connectivity index (χ0) is 19.2. The second kappa shape index (κ2) is 8.82. The standard InChI is InChI=1S/C19H24N2O4S/c1-4-25-18-10-8-17(9-11-18)21(16(3)22)13-12-20-26(23,24)19-7-5-6-15(2)14-19/h5-11,14,20H,4,12-13H2,1-3H3. The summed E-state index contributed by atoms with van der Waals surface area (Å²) in [6.07, 6.45) is 0. The van der Waals surface area contributed by atoms with Crippen molar-refractivity contribution in [3.8, 4) is 5.75 Å². The van der Waals surface area contributed by atoms with E-state index in [9.17, 15) is 13.2 Å². The number of benzene rings is 2. The van der Waals surface area contributed by atoms with Gasteiger partial charge in [-0.05, 0) is 55.8 Å². The number of nitrogens with zero attached hydrogens (tertiary/aromatic N) is 1. The van der Waals surface area contributed by atoms with Gasteiger partial charge in [0.15, 0.2) is 0 Å². The summed E-state index contributed by atoms with van der Waals surface area (Å²) < 4.78 is 32.6. The highest BCUT2D eigenvalue weighted by Crippen LogP contribution is 2.19. The van der Waals surface area contributed by atoms with Crippen LogP contribution < -0.4 is 14.4 Å². The van der Waals surface area contributed by atoms with Crippen molar-refractivity contribution >= 4 is 21.6 Å². The molecular weight excluding hydrogens is 352 g/mol. The molecule has 0 unspecified atom stereocenters. The number of carbonyl (C=O) groups is 1. The maximum atomic E-state index is 12.4. The predicted octanol–water partition coefficient (Wildman–Crippen LogP) is 2.73. The highest BCUT2D eigenvalue weighted by atomic mass is 32.2. The van der Waals surface area contributed by atoms with Gasteiger partial charge in [-0.2, -0.15) is 0 Å². The summed E-state index contributed by atoms with van der Waals surface area (Å²) in [6, 6.07) is 13.8. The van der Waals surface area contributed by atoms with Crippen molar-refractivity contribution in [2.45, 2.75) is 25.7 Å². The van der Waals surface area contributed by atoms with Crippen molar-refractivity contribution in [3.05, 3.63) is 54.1 Å². The van der Waals surface area contributed by atoms with Crippen molar-refractivity contribution in [2.24, 2.45) is 0 Å². The van der Waals surface area contributed by atoms with Gasteiger partial charge in [-0.3, -0.25) is 4.79 Å². The molecule has 0 aliphatic carbocycles. The lowest BCUT2D eigenvalue weighted by Crippen LogP contribution is -2.37. The molecule has 0 saturated carbocycles. The molecule has 0 bridgehead atoms. The molecule has 140 valence electrons. The highest BCUT2D eigenvalue weighted by Gasteiger charge is 2.16. The summed E-state index contributed by atoms with van der Waals surface area (Å²) in [4.78, 5) is 13.7. The molecule has 0 radical (unpaired) electrons. The maximum Gasteiger partial charge on any atom is 0.240 e. The van der Waals surface area contributed by atoms with Gasteiger partial charge in [0.05, 0.1) is 11.5 Å². The van der Waals surface area contributed by atoms with E-state index in [0.717, 1.165) is 11.3 Å². The van der Waals surface area contributed by atoms with Crippen LogP contribution in [0.25, 0.3) is 0 Å². The van der Waals surface area contributed by atoms with E-state index < -0.39 is 10.0 Å². The molecule has 2 aromatic rings. The van der Waals surface area contributed by atoms with Crippen LogP contribution in [0, 0.1) is 6.92 Å². The highest BCUT2D eigenvalue weighted by molar-refractivity contribution is 7.89. The first-order valence-corrected chi connectivity index (χ1v) is 9.89. The van der Waals surface area contributed by atoms with Crippen molar-refractivity contribution in [1.82, 2.24) is 4.72 Å². The number of carbonyl (C=O) groups excluding carboxylic acids is 1. The fraction of sp³-hybridized carbons (Fsp3) is 0.316. The average molecular weight is 376 g/mol. The van der Waals surface area contributed by atoms with Gasteiger partial charge in [0.25, 0.3) is 0 Å². The summed E-state index contributed by atoms with van der Waals surface area (Å²) in [6.45, 7) is 6.10. The quantitative estimate of drug-likeness (QED) is 0.769. The average Bonchev–Trinajstić information content (AvgIpc) is 2.60. The first-order chi connectivity index (χ1) is 12.3. The van der Waals surface area contributed by atoms with E-state index in [-0.39, 0.29) is 23.9 Å². The Bertz CT molecular complexity index is 848. The Labute approximate surface area is 154 Å². The lowest BCUT2D eigenvalue weighted by Gasteiger charge is -2.21. The van der Waals surface area contributed by atoms with Crippen molar-refractivity contribution in [1.29, 1.82) is 0 Å². The molecule has 1 N–H and O–H groups in total. The van der Waals surface area contributed by atoms with E-state index in [4.69, 9.17) is 4.74 Å². The number of anilines is 1. The maximum absolute atomic E-state index is 12.4. The molecule has 2 aromatic carbocycles. The van der Waals surface area contributed by atoms with Gasteiger partial charge in [0, 0.05) is 25.7 Å². The van der Waals surface area contributed by atoms with E-state index >= 15 is 0 Å². The second-order valence-corrected chi connectivity index (χ2v) is 7.58. The van der Waals surface area contributed by atoms with Crippen LogP contribution in [0.4, 0.5) is 5.69 Å². The minimum atomic E-state index is -3.61. The van der Waals surface area contributed by atoms with Crippen molar-refractivity contribution in [3.63, 3.8) is 0 Å². The third-order valence-electron chi connectivity index (χ3n) is 3.77. The van der Waals surface area contributed by atoms with Crippen molar-refractivity contribution in [2.75, 3.05) is 24.6 Å². The monoisotopic (exact) mass is 376 g/mol. The van der Waals surface area contributed by atoms with Gasteiger partial charge in [-0.15, -0.1) is 0 Å². The fourth-order valence-electron chi connectivity index (χ4n) is 2.51. The van der Waals surface area contributed by atoms with Gasteiger partial charge in [-0.25, -0.2) is 13.1 Å². The molecule has 0 saturated heterocycles. The number of rotatable bonds is 8. The zero-order valence-corrected chi connectivity index (χ0v) is 16.0. The fourth-order valence-corrected chi connectivity index (χ4v) is 3.64. The molecule has 26 heavy (non-hydrogen) atoms. The smallest absolute Gasteiger partial charge is 0.240 e. The Morgan fingerprint density at radius 2 is 1.85 bits per heavy atom. The van der Waals surface area contributed by atoms with Crippen LogP contribution in [0.15, 0.2) is 53.4 Å². The Hall–Kier alpha value is -2.38. The molecule has 6 nitrogen and oxygen atoms in total. The van der Waals surface area contributed by atoms with Crippen LogP contribution in [-0.2, 0) is 14.8 Å². The third kappa shape index (κ3) is 5.31. The molecule has 0 aliphatic heterocycles. The first kappa shape index (κ1) is 19.9. The number of ether oxygens (including phenoxy) is 1. The first-order valence-electron chi connectivity index (χ1n) is 8.41. The molecule has 0 atom stereocenters. The summed E-state index contributed by atoms with van der Waals surface area (Å²) >= 11 is 0. The normalized spacial score (nSPS) is 11.2. The molecule has 0 heterocycles. The molecule has 0 aromatic heterocycles. The molecule has 0 aliphatic rings. The van der Waals surface area contributed by atoms with Crippen LogP contribution in [0.2, 0.25) is 0 Å². The molecule has 0 spiro atoms. The molecule has 0 fully saturated rings. The largest absolute Gasteiger partial charge is 0.494 e. The molecule has 7 heteroatoms. The second-order valence-electron chi connectivity index (χ2n) is 5.81. The van der Waals surface area contributed by atoms with Gasteiger partial charge < -0.3 is 9.64 Å².